The molecule has 2 aliphatic rings. The van der Waals surface area contributed by atoms with E-state index in [4.69, 9.17) is 9.15 Å². The third-order valence-corrected chi connectivity index (χ3v) is 4.56. The van der Waals surface area contributed by atoms with Gasteiger partial charge in [0.05, 0.1) is 0 Å². The van der Waals surface area contributed by atoms with Crippen molar-refractivity contribution in [2.75, 3.05) is 13.7 Å². The first-order valence-corrected chi connectivity index (χ1v) is 7.23. The minimum absolute atomic E-state index is 0.0832. The van der Waals surface area contributed by atoms with Crippen LogP contribution in [0.4, 0.5) is 0 Å². The number of amides is 1. The minimum Gasteiger partial charge on any atom is -0.480 e. The Kier molecular flexibility index (Phi) is 3.71. The topological polar surface area (TPSA) is 80.0 Å². The van der Waals surface area contributed by atoms with Gasteiger partial charge in [0.25, 0.3) is 5.91 Å². The number of hydrogen-bond acceptors (Lipinski definition) is 4. The molecule has 0 aromatic carbocycles. The van der Waals surface area contributed by atoms with Crippen molar-refractivity contribution in [1.29, 1.82) is 0 Å². The zero-order chi connectivity index (χ0) is 15.0. The molecule has 2 fully saturated rings. The number of nitrogens with zero attached hydrogens (tertiary/aromatic N) is 1. The molecule has 3 unspecified atom stereocenters. The Morgan fingerprint density at radius 3 is 2.95 bits per heavy atom. The molecule has 1 N–H and O–H groups in total. The maximum Gasteiger partial charge on any atom is 0.326 e. The molecule has 21 heavy (non-hydrogen) atoms. The fourth-order valence-electron chi connectivity index (χ4n) is 3.69. The van der Waals surface area contributed by atoms with Crippen LogP contribution in [0.2, 0.25) is 0 Å². The summed E-state index contributed by atoms with van der Waals surface area (Å²) in [6.45, 7) is 0.807. The van der Waals surface area contributed by atoms with Crippen LogP contribution in [0, 0.1) is 11.8 Å². The number of ether oxygens (including phenoxy) is 1. The number of carboxylic acid groups (broad SMARTS) is 1. The second-order valence-electron chi connectivity index (χ2n) is 5.79. The van der Waals surface area contributed by atoms with Gasteiger partial charge in [0, 0.05) is 13.7 Å². The Morgan fingerprint density at radius 1 is 1.43 bits per heavy atom. The third kappa shape index (κ3) is 2.44. The zero-order valence-electron chi connectivity index (χ0n) is 11.9. The highest BCUT2D eigenvalue weighted by Crippen LogP contribution is 2.42. The van der Waals surface area contributed by atoms with Gasteiger partial charge in [-0.05, 0) is 36.8 Å². The van der Waals surface area contributed by atoms with Crippen molar-refractivity contribution >= 4 is 11.9 Å². The molecule has 1 saturated heterocycles. The van der Waals surface area contributed by atoms with Gasteiger partial charge < -0.3 is 19.2 Å². The Labute approximate surface area is 122 Å². The Morgan fingerprint density at radius 2 is 2.24 bits per heavy atom. The highest BCUT2D eigenvalue weighted by molar-refractivity contribution is 5.95. The first kappa shape index (κ1) is 14.1. The van der Waals surface area contributed by atoms with Crippen LogP contribution in [0.25, 0.3) is 0 Å². The number of fused-ring (bicyclic) bond motifs is 1. The van der Waals surface area contributed by atoms with Crippen LogP contribution in [-0.2, 0) is 16.1 Å². The Hall–Kier alpha value is -1.82. The summed E-state index contributed by atoms with van der Waals surface area (Å²) in [6, 6.07) is 2.55. The monoisotopic (exact) mass is 293 g/mol. The molecule has 1 aromatic rings. The molecule has 1 aromatic heterocycles. The van der Waals surface area contributed by atoms with Gasteiger partial charge in [-0.3, -0.25) is 4.79 Å². The van der Waals surface area contributed by atoms with Crippen molar-refractivity contribution in [2.24, 2.45) is 11.8 Å². The molecule has 1 aliphatic heterocycles. The van der Waals surface area contributed by atoms with Crippen LogP contribution >= 0.6 is 0 Å². The van der Waals surface area contributed by atoms with Crippen molar-refractivity contribution in [3.05, 3.63) is 23.7 Å². The van der Waals surface area contributed by atoms with E-state index in [0.717, 1.165) is 19.3 Å². The molecule has 1 saturated carbocycles. The Bertz CT molecular complexity index is 552. The number of furan rings is 1. The fourth-order valence-corrected chi connectivity index (χ4v) is 3.69. The maximum atomic E-state index is 12.5. The van der Waals surface area contributed by atoms with Gasteiger partial charge in [-0.1, -0.05) is 6.42 Å². The van der Waals surface area contributed by atoms with Gasteiger partial charge >= 0.3 is 5.97 Å². The van der Waals surface area contributed by atoms with Gasteiger partial charge in [-0.2, -0.15) is 0 Å². The van der Waals surface area contributed by atoms with Gasteiger partial charge in [-0.15, -0.1) is 0 Å². The van der Waals surface area contributed by atoms with Gasteiger partial charge in [0.15, 0.2) is 5.76 Å². The van der Waals surface area contributed by atoms with E-state index in [2.05, 4.69) is 0 Å². The van der Waals surface area contributed by atoms with Crippen LogP contribution in [0.3, 0.4) is 0 Å². The number of carbonyl (C=O) groups is 2. The number of carboxylic acids is 1. The average Bonchev–Trinajstić information content (AvgIpc) is 3.11. The lowest BCUT2D eigenvalue weighted by atomic mass is 9.94. The molecule has 2 heterocycles. The summed E-state index contributed by atoms with van der Waals surface area (Å²) in [5.74, 6) is -0.107. The summed E-state index contributed by atoms with van der Waals surface area (Å²) in [7, 11) is 1.55. The first-order chi connectivity index (χ1) is 10.1. The van der Waals surface area contributed by atoms with Crippen LogP contribution in [0.1, 0.15) is 35.6 Å². The quantitative estimate of drug-likeness (QED) is 0.914. The van der Waals surface area contributed by atoms with Gasteiger partial charge in [-0.25, -0.2) is 4.79 Å². The SMILES string of the molecule is COCc1ccc(C(=O)N2CC3CCCC3C2C(=O)O)o1. The van der Waals surface area contributed by atoms with E-state index in [-0.39, 0.29) is 17.6 Å². The fraction of sp³-hybridized carbons (Fsp3) is 0.600. The van der Waals surface area contributed by atoms with E-state index in [1.54, 1.807) is 19.2 Å². The molecule has 0 radical (unpaired) electrons. The van der Waals surface area contributed by atoms with Crippen LogP contribution < -0.4 is 0 Å². The van der Waals surface area contributed by atoms with E-state index in [1.165, 1.54) is 4.90 Å². The number of rotatable bonds is 4. The second-order valence-corrected chi connectivity index (χ2v) is 5.79. The molecule has 1 amide bonds. The molecular formula is C15H19NO5. The van der Waals surface area contributed by atoms with E-state index in [0.29, 0.717) is 24.8 Å². The zero-order valence-corrected chi connectivity index (χ0v) is 11.9. The lowest BCUT2D eigenvalue weighted by molar-refractivity contribution is -0.142. The van der Waals surface area contributed by atoms with Gasteiger partial charge in [0.2, 0.25) is 0 Å². The normalized spacial score (nSPS) is 27.9. The largest absolute Gasteiger partial charge is 0.480 e. The smallest absolute Gasteiger partial charge is 0.326 e. The predicted octanol–water partition coefficient (Wildman–Crippen LogP) is 1.75. The first-order valence-electron chi connectivity index (χ1n) is 7.23. The lowest BCUT2D eigenvalue weighted by Crippen LogP contribution is -2.43. The summed E-state index contributed by atoms with van der Waals surface area (Å²) in [6.07, 6.45) is 2.95. The second kappa shape index (κ2) is 5.52. The number of hydrogen-bond donors (Lipinski definition) is 1. The number of likely N-dealkylation sites (tertiary alicyclic amines) is 1. The predicted molar refractivity (Wildman–Crippen MR) is 72.7 cm³/mol. The van der Waals surface area contributed by atoms with Gasteiger partial charge in [0.1, 0.15) is 18.4 Å². The minimum atomic E-state index is -0.915. The summed E-state index contributed by atoms with van der Waals surface area (Å²) >= 11 is 0. The van der Waals surface area contributed by atoms with Crippen LogP contribution in [-0.4, -0.2) is 41.6 Å². The molecule has 114 valence electrons. The summed E-state index contributed by atoms with van der Waals surface area (Å²) < 4.78 is 10.4. The standard InChI is InChI=1S/C15H19NO5/c1-20-8-10-5-6-12(21-10)14(17)16-7-9-3-2-4-11(9)13(16)15(18)19/h5-6,9,11,13H,2-4,7-8H2,1H3,(H,18,19). The highest BCUT2D eigenvalue weighted by Gasteiger charge is 2.50. The number of methoxy groups -OCH3 is 1. The molecular weight excluding hydrogens is 274 g/mol. The van der Waals surface area contributed by atoms with Crippen molar-refractivity contribution in [1.82, 2.24) is 4.90 Å². The highest BCUT2D eigenvalue weighted by atomic mass is 16.5. The number of carbonyl (C=O) groups excluding carboxylic acids is 1. The molecule has 1 aliphatic carbocycles. The summed E-state index contributed by atoms with van der Waals surface area (Å²) in [5.41, 5.74) is 0. The van der Waals surface area contributed by atoms with Crippen molar-refractivity contribution in [3.63, 3.8) is 0 Å². The van der Waals surface area contributed by atoms with Crippen LogP contribution in [0.15, 0.2) is 16.5 Å². The lowest BCUT2D eigenvalue weighted by Gasteiger charge is -2.23. The molecule has 6 nitrogen and oxygen atoms in total. The Balaban J connectivity index is 1.81. The van der Waals surface area contributed by atoms with Crippen molar-refractivity contribution < 1.29 is 23.8 Å². The van der Waals surface area contributed by atoms with Crippen molar-refractivity contribution in [3.8, 4) is 0 Å². The number of aliphatic carboxylic acids is 1. The van der Waals surface area contributed by atoms with Crippen molar-refractivity contribution in [2.45, 2.75) is 31.9 Å². The molecule has 0 spiro atoms. The summed E-state index contributed by atoms with van der Waals surface area (Å²) in [4.78, 5) is 25.6. The average molecular weight is 293 g/mol. The maximum absolute atomic E-state index is 12.5. The van der Waals surface area contributed by atoms with E-state index in [1.807, 2.05) is 0 Å². The molecule has 0 bridgehead atoms. The van der Waals surface area contributed by atoms with Crippen LogP contribution in [0.5, 0.6) is 0 Å². The molecule has 3 rings (SSSR count). The molecule has 3 atom stereocenters. The molecule has 6 heteroatoms. The van der Waals surface area contributed by atoms with E-state index in [9.17, 15) is 14.7 Å². The van der Waals surface area contributed by atoms with E-state index >= 15 is 0 Å². The third-order valence-electron chi connectivity index (χ3n) is 4.56. The summed E-state index contributed by atoms with van der Waals surface area (Å²) in [5, 5.41) is 9.47. The van der Waals surface area contributed by atoms with E-state index < -0.39 is 12.0 Å².